The van der Waals surface area contributed by atoms with Crippen molar-refractivity contribution in [3.63, 3.8) is 0 Å². The van der Waals surface area contributed by atoms with Gasteiger partial charge in [-0.1, -0.05) is 0 Å². The van der Waals surface area contributed by atoms with Crippen molar-refractivity contribution in [1.82, 2.24) is 14.5 Å². The number of carbonyl (C=O) groups excluding carboxylic acids is 1. The highest BCUT2D eigenvalue weighted by Gasteiger charge is 2.28. The number of primary amides is 1. The Morgan fingerprint density at radius 3 is 2.97 bits per heavy atom. The van der Waals surface area contributed by atoms with Gasteiger partial charge in [-0.15, -0.1) is 0 Å². The summed E-state index contributed by atoms with van der Waals surface area (Å²) in [5, 5.41) is 9.68. The van der Waals surface area contributed by atoms with Crippen LogP contribution in [0.25, 0.3) is 22.4 Å². The Hall–Kier alpha value is -3.55. The first kappa shape index (κ1) is 21.7. The number of hydrogen-bond acceptors (Lipinski definition) is 7. The third-order valence-electron chi connectivity index (χ3n) is 5.65. The molecule has 9 nitrogen and oxygen atoms in total. The van der Waals surface area contributed by atoms with Gasteiger partial charge in [-0.2, -0.15) is 5.26 Å². The maximum absolute atomic E-state index is 14.9. The van der Waals surface area contributed by atoms with Gasteiger partial charge >= 0.3 is 5.76 Å². The summed E-state index contributed by atoms with van der Waals surface area (Å²) in [5.41, 5.74) is 7.70. The number of rotatable bonds is 5. The number of aromatic nitrogens is 2. The number of fused-ring (bicyclic) bond motifs is 1. The number of oxazole rings is 1. The summed E-state index contributed by atoms with van der Waals surface area (Å²) in [6, 6.07) is 7.89. The van der Waals surface area contributed by atoms with E-state index in [1.54, 1.807) is 30.1 Å². The van der Waals surface area contributed by atoms with Crippen LogP contribution >= 0.6 is 0 Å². The summed E-state index contributed by atoms with van der Waals surface area (Å²) in [6.45, 7) is 1.10. The highest BCUT2D eigenvalue weighted by atomic mass is 19.1. The van der Waals surface area contributed by atoms with Crippen molar-refractivity contribution < 1.29 is 18.3 Å². The first-order valence-corrected chi connectivity index (χ1v) is 10.2. The van der Waals surface area contributed by atoms with E-state index in [0.717, 1.165) is 0 Å². The Morgan fingerprint density at radius 1 is 1.44 bits per heavy atom. The number of halogens is 1. The molecule has 1 aliphatic rings. The number of benzene rings is 1. The Bertz CT molecular complexity index is 1260. The second-order valence-corrected chi connectivity index (χ2v) is 7.73. The number of pyridine rings is 1. The van der Waals surface area contributed by atoms with Crippen LogP contribution < -0.4 is 11.5 Å². The number of nitriles is 1. The van der Waals surface area contributed by atoms with Gasteiger partial charge in [-0.25, -0.2) is 9.18 Å². The zero-order valence-corrected chi connectivity index (χ0v) is 17.5. The van der Waals surface area contributed by atoms with E-state index < -0.39 is 29.6 Å². The quantitative estimate of drug-likeness (QED) is 0.635. The number of amides is 1. The van der Waals surface area contributed by atoms with Gasteiger partial charge in [0.2, 0.25) is 5.91 Å². The molecule has 0 radical (unpaired) electrons. The van der Waals surface area contributed by atoms with Crippen LogP contribution in [0.3, 0.4) is 0 Å². The van der Waals surface area contributed by atoms with E-state index in [4.69, 9.17) is 14.9 Å². The van der Waals surface area contributed by atoms with Crippen LogP contribution in [-0.4, -0.2) is 52.2 Å². The third-order valence-corrected chi connectivity index (χ3v) is 5.65. The number of hydrogen-bond donors (Lipinski definition) is 1. The highest BCUT2D eigenvalue weighted by molar-refractivity contribution is 5.80. The fourth-order valence-corrected chi connectivity index (χ4v) is 3.82. The predicted octanol–water partition coefficient (Wildman–Crippen LogP) is 1.34. The number of ether oxygens (including phenoxy) is 1. The van der Waals surface area contributed by atoms with Crippen LogP contribution in [0.4, 0.5) is 4.39 Å². The summed E-state index contributed by atoms with van der Waals surface area (Å²) in [7, 11) is 1.59. The van der Waals surface area contributed by atoms with Crippen LogP contribution in [0.15, 0.2) is 39.7 Å². The zero-order valence-electron chi connectivity index (χ0n) is 17.5. The summed E-state index contributed by atoms with van der Waals surface area (Å²) in [4.78, 5) is 29.4. The molecular formula is C22H22FN5O4. The summed E-state index contributed by atoms with van der Waals surface area (Å²) < 4.78 is 26.9. The van der Waals surface area contributed by atoms with Crippen LogP contribution in [-0.2, 0) is 23.0 Å². The van der Waals surface area contributed by atoms with Crippen LogP contribution in [0.5, 0.6) is 0 Å². The van der Waals surface area contributed by atoms with Crippen molar-refractivity contribution in [2.24, 2.45) is 12.8 Å². The Labute approximate surface area is 182 Å². The molecule has 0 unspecified atom stereocenters. The molecular weight excluding hydrogens is 417 g/mol. The topological polar surface area (TPSA) is 127 Å². The molecule has 32 heavy (non-hydrogen) atoms. The predicted molar refractivity (Wildman–Crippen MR) is 113 cm³/mol. The van der Waals surface area contributed by atoms with Gasteiger partial charge in [-0.3, -0.25) is 19.2 Å². The average Bonchev–Trinajstić information content (AvgIpc) is 2.95. The highest BCUT2D eigenvalue weighted by Crippen LogP contribution is 2.24. The van der Waals surface area contributed by atoms with E-state index in [9.17, 15) is 19.2 Å². The number of nitrogens with zero attached hydrogens (tertiary/aromatic N) is 4. The normalized spacial score (nSPS) is 18.2. The molecule has 0 aliphatic carbocycles. The molecule has 2 aromatic heterocycles. The molecule has 1 aromatic carbocycles. The van der Waals surface area contributed by atoms with Crippen molar-refractivity contribution in [3.8, 4) is 17.3 Å². The van der Waals surface area contributed by atoms with Crippen LogP contribution in [0.1, 0.15) is 12.0 Å². The zero-order chi connectivity index (χ0) is 22.8. The minimum absolute atomic E-state index is 0.108. The molecule has 3 heterocycles. The van der Waals surface area contributed by atoms with E-state index in [1.807, 2.05) is 0 Å². The number of carbonyl (C=O) groups is 1. The van der Waals surface area contributed by atoms with Crippen molar-refractivity contribution in [1.29, 1.82) is 5.26 Å². The minimum Gasteiger partial charge on any atom is -0.408 e. The largest absolute Gasteiger partial charge is 0.419 e. The molecule has 2 atom stereocenters. The lowest BCUT2D eigenvalue weighted by Gasteiger charge is -2.27. The van der Waals surface area contributed by atoms with E-state index in [2.05, 4.69) is 11.1 Å². The number of nitrogens with two attached hydrogens (primary N) is 1. The van der Waals surface area contributed by atoms with E-state index in [0.29, 0.717) is 41.9 Å². The summed E-state index contributed by atoms with van der Waals surface area (Å²) in [6.07, 6.45) is 1.36. The summed E-state index contributed by atoms with van der Waals surface area (Å²) >= 11 is 0. The van der Waals surface area contributed by atoms with Gasteiger partial charge in [0.15, 0.2) is 5.58 Å². The first-order valence-electron chi connectivity index (χ1n) is 10.2. The minimum atomic E-state index is -0.799. The number of aryl methyl sites for hydroxylation is 1. The van der Waals surface area contributed by atoms with E-state index in [1.165, 1.54) is 16.8 Å². The Kier molecular flexibility index (Phi) is 6.03. The monoisotopic (exact) mass is 439 g/mol. The third kappa shape index (κ3) is 4.26. The molecule has 166 valence electrons. The molecule has 1 aliphatic heterocycles. The first-order chi connectivity index (χ1) is 15.4. The molecule has 1 amide bonds. The average molecular weight is 439 g/mol. The van der Waals surface area contributed by atoms with Crippen LogP contribution in [0.2, 0.25) is 0 Å². The van der Waals surface area contributed by atoms with Crippen LogP contribution in [0, 0.1) is 17.1 Å². The molecule has 0 spiro atoms. The fourth-order valence-electron chi connectivity index (χ4n) is 3.82. The Balaban J connectivity index is 1.56. The van der Waals surface area contributed by atoms with Gasteiger partial charge < -0.3 is 14.9 Å². The molecule has 1 fully saturated rings. The van der Waals surface area contributed by atoms with Gasteiger partial charge in [0.25, 0.3) is 0 Å². The second-order valence-electron chi connectivity index (χ2n) is 7.73. The molecule has 2 N–H and O–H groups in total. The SMILES string of the molecule is Cn1c(=O)oc2ccc(-c3cc(F)c(C[C@H](C#N)N4CCCO[C@H](C(N)=O)C4)cn3)cc21. The van der Waals surface area contributed by atoms with E-state index >= 15 is 0 Å². The van der Waals surface area contributed by atoms with Crippen molar-refractivity contribution >= 4 is 17.0 Å². The van der Waals surface area contributed by atoms with Gasteiger partial charge in [0.1, 0.15) is 18.0 Å². The van der Waals surface area contributed by atoms with Crippen molar-refractivity contribution in [2.75, 3.05) is 19.7 Å². The second kappa shape index (κ2) is 8.90. The van der Waals surface area contributed by atoms with Gasteiger partial charge in [-0.05, 0) is 24.6 Å². The maximum atomic E-state index is 14.9. The molecule has 0 bridgehead atoms. The fraction of sp³-hybridized carbons (Fsp3) is 0.364. The lowest BCUT2D eigenvalue weighted by molar-refractivity contribution is -0.129. The van der Waals surface area contributed by atoms with E-state index in [-0.39, 0.29) is 18.5 Å². The lowest BCUT2D eigenvalue weighted by atomic mass is 10.0. The Morgan fingerprint density at radius 2 is 2.25 bits per heavy atom. The molecule has 1 saturated heterocycles. The maximum Gasteiger partial charge on any atom is 0.419 e. The molecule has 10 heteroatoms. The smallest absolute Gasteiger partial charge is 0.408 e. The van der Waals surface area contributed by atoms with Gasteiger partial charge in [0.05, 0.1) is 17.3 Å². The molecule has 3 aromatic rings. The van der Waals surface area contributed by atoms with Crippen molar-refractivity contribution in [2.45, 2.75) is 25.0 Å². The van der Waals surface area contributed by atoms with Crippen molar-refractivity contribution in [3.05, 3.63) is 52.4 Å². The summed E-state index contributed by atoms with van der Waals surface area (Å²) in [5.74, 6) is -1.56. The standard InChI is InChI=1S/C22H22FN5O4/c1-27-18-8-13(3-4-19(18)32-22(27)30)17-9-16(23)14(11-26-17)7-15(10-24)28-5-2-6-31-20(12-28)21(25)29/h3-4,8-9,11,15,20H,2,5-7,12H2,1H3,(H2,25,29)/t15-,20+/m1/s1. The molecule has 4 rings (SSSR count). The molecule has 0 saturated carbocycles. The van der Waals surface area contributed by atoms with Gasteiger partial charge in [0, 0.05) is 56.6 Å². The lowest BCUT2D eigenvalue weighted by Crippen LogP contribution is -2.45.